The highest BCUT2D eigenvalue weighted by atomic mass is 32.2. The van der Waals surface area contributed by atoms with Crippen LogP contribution in [0.15, 0.2) is 97.6 Å². The third-order valence-electron chi connectivity index (χ3n) is 26.3. The van der Waals surface area contributed by atoms with E-state index in [0.29, 0.717) is 110 Å². The molecule has 8 aromatic heterocycles. The number of ether oxygens (including phenoxy) is 4. The second kappa shape index (κ2) is 38.7. The van der Waals surface area contributed by atoms with Gasteiger partial charge in [-0.1, -0.05) is 48.6 Å². The fraction of sp³-hybridized carbons (Fsp3) is 0.505. The van der Waals surface area contributed by atoms with Gasteiger partial charge in [-0.25, -0.2) is 65.3 Å². The molecular formula is C93H114N20O11S2. The van der Waals surface area contributed by atoms with Crippen LogP contribution in [0.5, 0.6) is 0 Å². The summed E-state index contributed by atoms with van der Waals surface area (Å²) in [4.78, 5) is 94.5. The smallest absolute Gasteiger partial charge is 0.248 e. The van der Waals surface area contributed by atoms with E-state index >= 15 is 0 Å². The van der Waals surface area contributed by atoms with Gasteiger partial charge in [0.15, 0.2) is 23.3 Å². The van der Waals surface area contributed by atoms with Crippen LogP contribution in [0.4, 0.5) is 23.3 Å². The Balaban J connectivity index is 0.000000119. The first-order chi connectivity index (χ1) is 61.0. The average molecular weight is 1750 g/mol. The summed E-state index contributed by atoms with van der Waals surface area (Å²) in [7, 11) is -6.44. The zero-order valence-corrected chi connectivity index (χ0v) is 74.7. The van der Waals surface area contributed by atoms with Gasteiger partial charge in [-0.3, -0.25) is 29.5 Å². The van der Waals surface area contributed by atoms with Crippen molar-refractivity contribution in [3.05, 3.63) is 165 Å². The van der Waals surface area contributed by atoms with Crippen LogP contribution in [-0.2, 0) is 74.3 Å². The van der Waals surface area contributed by atoms with E-state index in [9.17, 15) is 31.5 Å². The molecule has 0 bridgehead atoms. The number of anilines is 4. The van der Waals surface area contributed by atoms with Crippen molar-refractivity contribution in [3.8, 4) is 45.6 Å². The molecule has 8 aliphatic heterocycles. The number of piperidine rings is 3. The molecule has 126 heavy (non-hydrogen) atoms. The lowest BCUT2D eigenvalue weighted by molar-refractivity contribution is -0.135. The molecule has 2 unspecified atom stereocenters. The van der Waals surface area contributed by atoms with Gasteiger partial charge in [-0.2, -0.15) is 0 Å². The quantitative estimate of drug-likeness (QED) is 0.0997. The first-order valence-electron chi connectivity index (χ1n) is 44.6. The number of morpholine rings is 4. The number of aliphatic hydroxyl groups excluding tert-OH is 1. The summed E-state index contributed by atoms with van der Waals surface area (Å²) in [6, 6.07) is 17.3. The number of hydrogen-bond acceptors (Lipinski definition) is 27. The third-order valence-corrected chi connectivity index (χ3v) is 28.8. The van der Waals surface area contributed by atoms with Crippen molar-refractivity contribution in [2.24, 2.45) is 0 Å². The van der Waals surface area contributed by atoms with Gasteiger partial charge in [0.2, 0.25) is 31.9 Å². The highest BCUT2D eigenvalue weighted by molar-refractivity contribution is 7.88. The molecule has 12 aliphatic rings. The number of fused-ring (bicyclic) bond motifs is 4. The van der Waals surface area contributed by atoms with Gasteiger partial charge in [-0.05, 0) is 96.9 Å². The van der Waals surface area contributed by atoms with Crippen LogP contribution in [0.2, 0.25) is 0 Å². The van der Waals surface area contributed by atoms with E-state index in [1.54, 1.807) is 20.4 Å². The van der Waals surface area contributed by atoms with Crippen molar-refractivity contribution in [2.45, 2.75) is 153 Å². The third kappa shape index (κ3) is 19.7. The lowest BCUT2D eigenvalue weighted by Crippen LogP contribution is -2.44. The largest absolute Gasteiger partial charge is 0.387 e. The number of likely N-dealkylation sites (tertiary alicyclic amines) is 2. The Morgan fingerprint density at radius 1 is 0.389 bits per heavy atom. The molecule has 0 aromatic carbocycles. The molecular weight excluding hydrogens is 1640 g/mol. The van der Waals surface area contributed by atoms with Gasteiger partial charge < -0.3 is 53.5 Å². The molecule has 1 N–H and O–H groups in total. The zero-order valence-electron chi connectivity index (χ0n) is 73.1. The van der Waals surface area contributed by atoms with Gasteiger partial charge >= 0.3 is 0 Å². The molecule has 8 saturated heterocycles. The maximum atomic E-state index is 12.2. The fourth-order valence-corrected chi connectivity index (χ4v) is 21.0. The minimum absolute atomic E-state index is 0.0424. The molecule has 0 radical (unpaired) electrons. The lowest BCUT2D eigenvalue weighted by Gasteiger charge is -2.35. The Morgan fingerprint density at radius 2 is 0.683 bits per heavy atom. The van der Waals surface area contributed by atoms with E-state index in [4.69, 9.17) is 58.8 Å². The highest BCUT2D eigenvalue weighted by Gasteiger charge is 2.37. The number of sulfonamides is 2. The molecule has 33 heteroatoms. The number of hydrogen-bond donors (Lipinski definition) is 1. The van der Waals surface area contributed by atoms with Gasteiger partial charge in [0.25, 0.3) is 0 Å². The Hall–Kier alpha value is -10.4. The number of rotatable bonds is 15. The monoisotopic (exact) mass is 1750 g/mol. The van der Waals surface area contributed by atoms with Gasteiger partial charge in [0, 0.05) is 240 Å². The zero-order chi connectivity index (χ0) is 87.3. The van der Waals surface area contributed by atoms with Crippen LogP contribution in [-0.4, -0.2) is 287 Å². The van der Waals surface area contributed by atoms with Gasteiger partial charge in [-0.15, -0.1) is 0 Å². The van der Waals surface area contributed by atoms with Crippen LogP contribution in [0.3, 0.4) is 0 Å². The molecule has 8 aromatic rings. The number of aliphatic hydroxyl groups is 1. The topological polar surface area (TPSA) is 340 Å². The molecule has 2 amide bonds. The van der Waals surface area contributed by atoms with Crippen molar-refractivity contribution in [1.29, 1.82) is 0 Å². The van der Waals surface area contributed by atoms with Gasteiger partial charge in [0.05, 0.1) is 124 Å². The number of allylic oxidation sites excluding steroid dienone is 4. The molecule has 4 aliphatic carbocycles. The summed E-state index contributed by atoms with van der Waals surface area (Å²) in [5.41, 5.74) is 16.5. The van der Waals surface area contributed by atoms with E-state index in [1.807, 2.05) is 60.0 Å². The van der Waals surface area contributed by atoms with Crippen molar-refractivity contribution in [1.82, 2.24) is 78.2 Å². The molecule has 664 valence electrons. The summed E-state index contributed by atoms with van der Waals surface area (Å²) >= 11 is 0. The summed E-state index contributed by atoms with van der Waals surface area (Å²) in [5.74, 6) is 7.14. The fourth-order valence-electron chi connectivity index (χ4n) is 19.2. The average Bonchev–Trinajstić information content (AvgIpc) is 1.37. The summed E-state index contributed by atoms with van der Waals surface area (Å²) in [6.45, 7) is 23.3. The molecule has 6 atom stereocenters. The van der Waals surface area contributed by atoms with E-state index in [1.165, 1.54) is 12.5 Å². The Bertz CT molecular complexity index is 5710. The van der Waals surface area contributed by atoms with Crippen molar-refractivity contribution in [3.63, 3.8) is 0 Å². The number of amides is 2. The maximum Gasteiger partial charge on any atom is 0.248 e. The molecule has 0 spiro atoms. The maximum absolute atomic E-state index is 12.2. The number of aromatic nitrogens is 12. The minimum Gasteiger partial charge on any atom is -0.387 e. The summed E-state index contributed by atoms with van der Waals surface area (Å²) < 4.78 is 74.1. The van der Waals surface area contributed by atoms with Crippen molar-refractivity contribution >= 4 is 79.4 Å². The van der Waals surface area contributed by atoms with Crippen LogP contribution >= 0.6 is 0 Å². The van der Waals surface area contributed by atoms with Gasteiger partial charge in [0.1, 0.15) is 29.9 Å². The summed E-state index contributed by atoms with van der Waals surface area (Å²) in [5, 5.41) is 9.18. The van der Waals surface area contributed by atoms with E-state index in [0.717, 1.165) is 235 Å². The summed E-state index contributed by atoms with van der Waals surface area (Å²) in [6.07, 6.45) is 36.2. The predicted octanol–water partition coefficient (Wildman–Crippen LogP) is 9.64. The number of carbonyl (C=O) groups is 2. The van der Waals surface area contributed by atoms with Crippen molar-refractivity contribution in [2.75, 3.05) is 170 Å². The molecule has 8 fully saturated rings. The Labute approximate surface area is 738 Å². The number of nitrogens with zero attached hydrogens (tertiary/aromatic N) is 20. The first-order valence-corrected chi connectivity index (χ1v) is 48.3. The van der Waals surface area contributed by atoms with Crippen LogP contribution in [0.1, 0.15) is 171 Å². The number of carbonyl (C=O) groups excluding carboxylic acids is 2. The SMILES string of the molecule is CC(=O)N1CCC(c2cc(N3CCOC[C@H]3C)nc(-c3ccnc4c3C=CC4)n2)CC1.C[C@@H]1COCCN1c1cc(C2CCCN(S(C)(=O)=O)C2)nc(-c2ccnc3c2C=CC3)n1.C[C@@H]1COCCN1c1cc(C2CCN(C(=O)CO)CC2)nc(-c2ccnc3c2C=CC3)n1.C[C@@H]1COCCN1c1cc(C2CCN(S(C)(=O)=O)C2)nc(-c2ccnc3c2C=CC3)n1. The van der Waals surface area contributed by atoms with Crippen LogP contribution < -0.4 is 19.6 Å². The minimum atomic E-state index is -3.23. The molecule has 0 saturated carbocycles. The number of pyridine rings is 4. The molecule has 16 heterocycles. The van der Waals surface area contributed by atoms with Crippen molar-refractivity contribution < 1.29 is 50.5 Å². The van der Waals surface area contributed by atoms with Crippen LogP contribution in [0.25, 0.3) is 69.9 Å². The second-order valence-corrected chi connectivity index (χ2v) is 38.8. The molecule has 31 nitrogen and oxygen atoms in total. The van der Waals surface area contributed by atoms with Crippen LogP contribution in [0, 0.1) is 0 Å². The van der Waals surface area contributed by atoms with E-state index in [2.05, 4.69) is 134 Å². The highest BCUT2D eigenvalue weighted by Crippen LogP contribution is 2.41. The van der Waals surface area contributed by atoms with E-state index in [-0.39, 0.29) is 53.7 Å². The first kappa shape index (κ1) is 87.7. The Morgan fingerprint density at radius 3 is 0.976 bits per heavy atom. The van der Waals surface area contributed by atoms with E-state index < -0.39 is 26.7 Å². The molecule has 20 rings (SSSR count). The lowest BCUT2D eigenvalue weighted by atomic mass is 9.92. The predicted molar refractivity (Wildman–Crippen MR) is 485 cm³/mol. The normalized spacial score (nSPS) is 22.6. The Kier molecular flexibility index (Phi) is 26.9. The standard InChI is InChI=1S/C24H29N5O3.C24H29N5O2.C23H29N5O3S.C22H27N5O3S/c1-16-15-32-12-11-29(16)22-13-21(17-6-9-28(10-7-17)23(31)14-30)26-24(27-22)19-5-8-25-20-4-2-3-18(19)20;1-16-15-31-13-12-29(16)23-14-22(18-7-10-28(11-8-18)17(2)30)26-24(27-23)20-6-9-25-21-5-3-4-19(20)21;1-16-15-31-12-11-28(16)22-13-21(17-5-4-10-27(14-17)32(2,29)30)25-23(26-22)19-8-9-24-20-7-3-6-18(19)20;1-15-14-30-11-10-27(15)21-12-20(16-7-9-26(13-16)31(2,28)29)24-22(25-21)18-6-8-23-19-5-3-4-17(18)19/h2-3,5,8,13,16-17,30H,4,6-7,9-12,14-15H2,1H3;3-4,6,9,14,16,18H,5,7-8,10-13,15H2,1-2H3;3,6,8-9,13,16-17H,4-5,7,10-12,14-15H2,1-2H3;3-4,6,8,12,15-16H,5,7,9-11,13-14H2,1-2H3/t2*16-;16-,17?;15-,16?/m1111/s1. The second-order valence-electron chi connectivity index (χ2n) is 34.8.